The molecule has 0 saturated heterocycles. The number of aryl methyl sites for hydroxylation is 2. The van der Waals surface area contributed by atoms with Crippen LogP contribution in [0.3, 0.4) is 0 Å². The molecule has 0 fully saturated rings. The Morgan fingerprint density at radius 1 is 1.26 bits per heavy atom. The molecule has 0 bridgehead atoms. The number of rotatable bonds is 4. The van der Waals surface area contributed by atoms with E-state index in [0.717, 1.165) is 4.57 Å². The first kappa shape index (κ1) is 13.8. The number of methoxy groups -OCH3 is 1. The SMILES string of the molecule is COCCCn1c(Cl)nc2c1c(=O)n(C)c(=O)n2C. The predicted molar refractivity (Wildman–Crippen MR) is 71.7 cm³/mol. The highest BCUT2D eigenvalue weighted by Crippen LogP contribution is 2.15. The third-order valence-electron chi connectivity index (χ3n) is 3.03. The van der Waals surface area contributed by atoms with E-state index in [-0.39, 0.29) is 5.28 Å². The van der Waals surface area contributed by atoms with Crippen LogP contribution in [0, 0.1) is 0 Å². The minimum Gasteiger partial charge on any atom is -0.385 e. The van der Waals surface area contributed by atoms with Crippen LogP contribution in [0.4, 0.5) is 0 Å². The molecule has 2 aromatic heterocycles. The number of aromatic nitrogens is 4. The number of hydrogen-bond donors (Lipinski definition) is 0. The van der Waals surface area contributed by atoms with Gasteiger partial charge in [0.1, 0.15) is 0 Å². The Balaban J connectivity index is 2.69. The minimum atomic E-state index is -0.421. The molecule has 2 rings (SSSR count). The van der Waals surface area contributed by atoms with Crippen LogP contribution in [-0.2, 0) is 25.4 Å². The van der Waals surface area contributed by atoms with Crippen LogP contribution < -0.4 is 11.2 Å². The van der Waals surface area contributed by atoms with Crippen molar-refractivity contribution in [3.8, 4) is 0 Å². The van der Waals surface area contributed by atoms with Crippen LogP contribution in [0.2, 0.25) is 5.28 Å². The second-order valence-corrected chi connectivity index (χ2v) is 4.59. The van der Waals surface area contributed by atoms with Gasteiger partial charge in [0.2, 0.25) is 5.28 Å². The highest BCUT2D eigenvalue weighted by Gasteiger charge is 2.17. The Morgan fingerprint density at radius 2 is 1.95 bits per heavy atom. The summed E-state index contributed by atoms with van der Waals surface area (Å²) in [6, 6.07) is 0. The molecule has 2 heterocycles. The first-order valence-electron chi connectivity index (χ1n) is 5.79. The van der Waals surface area contributed by atoms with Gasteiger partial charge in [-0.15, -0.1) is 0 Å². The molecule has 0 atom stereocenters. The summed E-state index contributed by atoms with van der Waals surface area (Å²) >= 11 is 6.04. The molecule has 0 unspecified atom stereocenters. The molecule has 0 radical (unpaired) electrons. The summed E-state index contributed by atoms with van der Waals surface area (Å²) < 4.78 is 8.95. The van der Waals surface area contributed by atoms with Gasteiger partial charge in [-0.3, -0.25) is 13.9 Å². The molecule has 2 aromatic rings. The Morgan fingerprint density at radius 3 is 2.58 bits per heavy atom. The summed E-state index contributed by atoms with van der Waals surface area (Å²) in [6.45, 7) is 1.07. The standard InChI is InChI=1S/C11H15ClN4O3/c1-14-8-7(9(17)15(2)11(14)18)16(10(12)13-8)5-4-6-19-3/h4-6H2,1-3H3. The molecule has 104 valence electrons. The molecule has 0 spiro atoms. The molecular weight excluding hydrogens is 272 g/mol. The quantitative estimate of drug-likeness (QED) is 0.591. The van der Waals surface area contributed by atoms with E-state index in [2.05, 4.69) is 4.98 Å². The lowest BCUT2D eigenvalue weighted by Gasteiger charge is -2.06. The maximum Gasteiger partial charge on any atom is 0.332 e. The summed E-state index contributed by atoms with van der Waals surface area (Å²) in [5.41, 5.74) is -0.174. The summed E-state index contributed by atoms with van der Waals surface area (Å²) in [5.74, 6) is 0. The number of halogens is 1. The largest absolute Gasteiger partial charge is 0.385 e. The molecule has 0 saturated carbocycles. The van der Waals surface area contributed by atoms with E-state index in [0.29, 0.717) is 30.7 Å². The fraction of sp³-hybridized carbons (Fsp3) is 0.545. The van der Waals surface area contributed by atoms with E-state index < -0.39 is 11.2 Å². The van der Waals surface area contributed by atoms with Crippen molar-refractivity contribution in [2.45, 2.75) is 13.0 Å². The van der Waals surface area contributed by atoms with Crippen LogP contribution in [0.5, 0.6) is 0 Å². The van der Waals surface area contributed by atoms with Crippen LogP contribution in [0.1, 0.15) is 6.42 Å². The van der Waals surface area contributed by atoms with Crippen molar-refractivity contribution >= 4 is 22.8 Å². The number of ether oxygens (including phenoxy) is 1. The van der Waals surface area contributed by atoms with Crippen molar-refractivity contribution in [1.29, 1.82) is 0 Å². The zero-order chi connectivity index (χ0) is 14.2. The van der Waals surface area contributed by atoms with Crippen molar-refractivity contribution in [3.05, 3.63) is 26.1 Å². The zero-order valence-corrected chi connectivity index (χ0v) is 11.8. The van der Waals surface area contributed by atoms with Gasteiger partial charge in [0.25, 0.3) is 5.56 Å². The molecule has 7 nitrogen and oxygen atoms in total. The van der Waals surface area contributed by atoms with Crippen molar-refractivity contribution in [1.82, 2.24) is 18.7 Å². The Hall–Kier alpha value is -1.60. The van der Waals surface area contributed by atoms with Gasteiger partial charge in [0, 0.05) is 34.4 Å². The Labute approximate surface area is 114 Å². The zero-order valence-electron chi connectivity index (χ0n) is 11.0. The van der Waals surface area contributed by atoms with Gasteiger partial charge in [-0.1, -0.05) is 0 Å². The van der Waals surface area contributed by atoms with Crippen LogP contribution in [0.25, 0.3) is 11.2 Å². The van der Waals surface area contributed by atoms with Gasteiger partial charge in [-0.2, -0.15) is 4.98 Å². The van der Waals surface area contributed by atoms with Crippen LogP contribution in [0.15, 0.2) is 9.59 Å². The first-order valence-corrected chi connectivity index (χ1v) is 6.17. The maximum absolute atomic E-state index is 12.2. The van der Waals surface area contributed by atoms with E-state index in [1.165, 1.54) is 11.6 Å². The molecule has 0 aliphatic rings. The fourth-order valence-corrected chi connectivity index (χ4v) is 2.24. The molecule has 0 N–H and O–H groups in total. The molecule has 0 aromatic carbocycles. The summed E-state index contributed by atoms with van der Waals surface area (Å²) in [4.78, 5) is 28.1. The fourth-order valence-electron chi connectivity index (χ4n) is 1.99. The van der Waals surface area contributed by atoms with Crippen molar-refractivity contribution in [2.75, 3.05) is 13.7 Å². The van der Waals surface area contributed by atoms with E-state index in [4.69, 9.17) is 16.3 Å². The topological polar surface area (TPSA) is 71.1 Å². The van der Waals surface area contributed by atoms with Gasteiger partial charge < -0.3 is 9.30 Å². The highest BCUT2D eigenvalue weighted by atomic mass is 35.5. The molecule has 0 aliphatic heterocycles. The van der Waals surface area contributed by atoms with Crippen molar-refractivity contribution < 1.29 is 4.74 Å². The molecule has 8 heteroatoms. The highest BCUT2D eigenvalue weighted by molar-refractivity contribution is 6.29. The van der Waals surface area contributed by atoms with Gasteiger partial charge >= 0.3 is 5.69 Å². The summed E-state index contributed by atoms with van der Waals surface area (Å²) in [5, 5.41) is 0.199. The first-order chi connectivity index (χ1) is 8.99. The van der Waals surface area contributed by atoms with E-state index in [9.17, 15) is 9.59 Å². The van der Waals surface area contributed by atoms with Crippen LogP contribution in [-0.4, -0.2) is 32.4 Å². The smallest absolute Gasteiger partial charge is 0.332 e. The average Bonchev–Trinajstić information content (AvgIpc) is 2.72. The molecule has 0 aliphatic carbocycles. The molecule has 0 amide bonds. The number of nitrogens with zero attached hydrogens (tertiary/aromatic N) is 4. The Bertz CT molecular complexity index is 728. The van der Waals surface area contributed by atoms with Gasteiger partial charge in [0.15, 0.2) is 11.2 Å². The van der Waals surface area contributed by atoms with Crippen molar-refractivity contribution in [2.24, 2.45) is 14.1 Å². The number of imidazole rings is 1. The summed E-state index contributed by atoms with van der Waals surface area (Å²) in [6.07, 6.45) is 0.702. The lowest BCUT2D eigenvalue weighted by molar-refractivity contribution is 0.190. The summed E-state index contributed by atoms with van der Waals surface area (Å²) in [7, 11) is 4.60. The second kappa shape index (κ2) is 5.18. The van der Waals surface area contributed by atoms with Gasteiger partial charge in [-0.05, 0) is 18.0 Å². The Kier molecular flexibility index (Phi) is 3.77. The number of fused-ring (bicyclic) bond motifs is 1. The van der Waals surface area contributed by atoms with Gasteiger partial charge in [0.05, 0.1) is 0 Å². The molecule has 19 heavy (non-hydrogen) atoms. The lowest BCUT2D eigenvalue weighted by Crippen LogP contribution is -2.37. The lowest BCUT2D eigenvalue weighted by atomic mass is 10.4. The van der Waals surface area contributed by atoms with Crippen molar-refractivity contribution in [3.63, 3.8) is 0 Å². The van der Waals surface area contributed by atoms with Gasteiger partial charge in [-0.25, -0.2) is 4.79 Å². The van der Waals surface area contributed by atoms with E-state index in [1.54, 1.807) is 18.7 Å². The van der Waals surface area contributed by atoms with Crippen LogP contribution >= 0.6 is 11.6 Å². The third-order valence-corrected chi connectivity index (χ3v) is 3.32. The minimum absolute atomic E-state index is 0.199. The predicted octanol–water partition coefficient (Wildman–Crippen LogP) is 0.124. The monoisotopic (exact) mass is 286 g/mol. The maximum atomic E-state index is 12.2. The normalized spacial score (nSPS) is 11.4. The molecular formula is C11H15ClN4O3. The average molecular weight is 287 g/mol. The third kappa shape index (κ3) is 2.19. The number of hydrogen-bond acceptors (Lipinski definition) is 4. The van der Waals surface area contributed by atoms with E-state index in [1.807, 2.05) is 0 Å². The van der Waals surface area contributed by atoms with E-state index >= 15 is 0 Å². The second-order valence-electron chi connectivity index (χ2n) is 4.26.